The van der Waals surface area contributed by atoms with Crippen molar-refractivity contribution in [3.8, 4) is 0 Å². The van der Waals surface area contributed by atoms with E-state index < -0.39 is 0 Å². The molecule has 1 aromatic rings. The average molecular weight is 265 g/mol. The van der Waals surface area contributed by atoms with E-state index >= 15 is 0 Å². The van der Waals surface area contributed by atoms with Gasteiger partial charge in [-0.1, -0.05) is 11.6 Å². The van der Waals surface area contributed by atoms with Crippen molar-refractivity contribution >= 4 is 17.3 Å². The zero-order chi connectivity index (χ0) is 12.4. The molecule has 0 amide bonds. The van der Waals surface area contributed by atoms with E-state index in [1.165, 1.54) is 50.0 Å². The lowest BCUT2D eigenvalue weighted by Gasteiger charge is -2.32. The first kappa shape index (κ1) is 12.3. The molecule has 18 heavy (non-hydrogen) atoms. The molecule has 3 heteroatoms. The lowest BCUT2D eigenvalue weighted by molar-refractivity contribution is 0.574. The van der Waals surface area contributed by atoms with E-state index in [2.05, 4.69) is 22.3 Å². The maximum Gasteiger partial charge on any atom is 0.0410 e. The highest BCUT2D eigenvalue weighted by molar-refractivity contribution is 6.30. The predicted molar refractivity (Wildman–Crippen MR) is 77.7 cm³/mol. The van der Waals surface area contributed by atoms with Gasteiger partial charge < -0.3 is 10.2 Å². The van der Waals surface area contributed by atoms with Crippen LogP contribution in [0.3, 0.4) is 0 Å². The van der Waals surface area contributed by atoms with E-state index in [-0.39, 0.29) is 0 Å². The lowest BCUT2D eigenvalue weighted by Crippen LogP contribution is -2.30. The molecule has 0 saturated carbocycles. The summed E-state index contributed by atoms with van der Waals surface area (Å²) in [6.07, 6.45) is 5.27. The molecule has 0 bridgehead atoms. The van der Waals surface area contributed by atoms with Gasteiger partial charge >= 0.3 is 0 Å². The van der Waals surface area contributed by atoms with Crippen molar-refractivity contribution in [1.29, 1.82) is 0 Å². The standard InChI is InChI=1S/C15H21ClN2/c16-13-4-5-15(18-8-2-1-3-9-18)14(10-13)12-6-7-17-11-12/h4-5,10,12,17H,1-3,6-9,11H2. The number of nitrogens with zero attached hydrogens (tertiary/aromatic N) is 1. The second kappa shape index (κ2) is 5.50. The minimum atomic E-state index is 0.639. The van der Waals surface area contributed by atoms with E-state index in [9.17, 15) is 0 Å². The van der Waals surface area contributed by atoms with E-state index in [0.717, 1.165) is 18.1 Å². The number of hydrogen-bond donors (Lipinski definition) is 1. The number of nitrogens with one attached hydrogen (secondary N) is 1. The Kier molecular flexibility index (Phi) is 3.76. The molecule has 2 saturated heterocycles. The first-order chi connectivity index (χ1) is 8.84. The summed E-state index contributed by atoms with van der Waals surface area (Å²) < 4.78 is 0. The molecule has 0 aromatic heterocycles. The van der Waals surface area contributed by atoms with Gasteiger partial charge in [-0.25, -0.2) is 0 Å². The van der Waals surface area contributed by atoms with Crippen LogP contribution in [0.4, 0.5) is 5.69 Å². The molecule has 98 valence electrons. The van der Waals surface area contributed by atoms with Gasteiger partial charge in [0.15, 0.2) is 0 Å². The van der Waals surface area contributed by atoms with Gasteiger partial charge in [-0.3, -0.25) is 0 Å². The number of piperidine rings is 1. The second-order valence-corrected chi connectivity index (χ2v) is 5.88. The molecule has 2 heterocycles. The number of anilines is 1. The summed E-state index contributed by atoms with van der Waals surface area (Å²) in [6, 6.07) is 6.45. The van der Waals surface area contributed by atoms with Gasteiger partial charge in [-0.2, -0.15) is 0 Å². The van der Waals surface area contributed by atoms with Gasteiger partial charge in [-0.15, -0.1) is 0 Å². The van der Waals surface area contributed by atoms with Crippen molar-refractivity contribution < 1.29 is 0 Å². The molecule has 2 fully saturated rings. The molecule has 0 aliphatic carbocycles. The minimum Gasteiger partial charge on any atom is -0.371 e. The summed E-state index contributed by atoms with van der Waals surface area (Å²) in [6.45, 7) is 4.64. The van der Waals surface area contributed by atoms with E-state index in [4.69, 9.17) is 11.6 Å². The molecule has 1 N–H and O–H groups in total. The van der Waals surface area contributed by atoms with Gasteiger partial charge in [0.1, 0.15) is 0 Å². The zero-order valence-electron chi connectivity index (χ0n) is 10.8. The summed E-state index contributed by atoms with van der Waals surface area (Å²) in [4.78, 5) is 2.55. The van der Waals surface area contributed by atoms with Crippen molar-refractivity contribution in [1.82, 2.24) is 5.32 Å². The molecule has 2 nitrogen and oxygen atoms in total. The highest BCUT2D eigenvalue weighted by Crippen LogP contribution is 2.34. The summed E-state index contributed by atoms with van der Waals surface area (Å²) in [5.41, 5.74) is 2.88. The molecule has 3 rings (SSSR count). The van der Waals surface area contributed by atoms with Crippen LogP contribution >= 0.6 is 11.6 Å². The third-order valence-corrected chi connectivity index (χ3v) is 4.42. The van der Waals surface area contributed by atoms with E-state index in [1.807, 2.05) is 6.07 Å². The van der Waals surface area contributed by atoms with Crippen LogP contribution in [-0.2, 0) is 0 Å². The maximum absolute atomic E-state index is 6.20. The van der Waals surface area contributed by atoms with Crippen molar-refractivity contribution in [2.45, 2.75) is 31.6 Å². The average Bonchev–Trinajstić information content (AvgIpc) is 2.93. The lowest BCUT2D eigenvalue weighted by atomic mass is 9.95. The fourth-order valence-electron chi connectivity index (χ4n) is 3.20. The topological polar surface area (TPSA) is 15.3 Å². The highest BCUT2D eigenvalue weighted by atomic mass is 35.5. The van der Waals surface area contributed by atoms with Gasteiger partial charge in [0, 0.05) is 30.3 Å². The maximum atomic E-state index is 6.20. The fourth-order valence-corrected chi connectivity index (χ4v) is 3.38. The van der Waals surface area contributed by atoms with Gasteiger partial charge in [-0.05, 0) is 61.9 Å². The van der Waals surface area contributed by atoms with Crippen LogP contribution in [0.25, 0.3) is 0 Å². The third kappa shape index (κ3) is 2.50. The molecule has 2 aliphatic rings. The molecular weight excluding hydrogens is 244 g/mol. The number of hydrogen-bond acceptors (Lipinski definition) is 2. The first-order valence-corrected chi connectivity index (χ1v) is 7.47. The summed E-state index contributed by atoms with van der Waals surface area (Å²) in [5.74, 6) is 0.639. The Hall–Kier alpha value is -0.730. The smallest absolute Gasteiger partial charge is 0.0410 e. The Morgan fingerprint density at radius 3 is 2.72 bits per heavy atom. The van der Waals surface area contributed by atoms with Crippen LogP contribution in [-0.4, -0.2) is 26.2 Å². The number of rotatable bonds is 2. The highest BCUT2D eigenvalue weighted by Gasteiger charge is 2.23. The van der Waals surface area contributed by atoms with Crippen molar-refractivity contribution in [3.63, 3.8) is 0 Å². The molecule has 1 atom stereocenters. The van der Waals surface area contributed by atoms with Crippen LogP contribution in [0.5, 0.6) is 0 Å². The molecule has 2 aliphatic heterocycles. The number of benzene rings is 1. The van der Waals surface area contributed by atoms with E-state index in [1.54, 1.807) is 0 Å². The van der Waals surface area contributed by atoms with Gasteiger partial charge in [0.25, 0.3) is 0 Å². The largest absolute Gasteiger partial charge is 0.371 e. The normalized spacial score (nSPS) is 24.5. The predicted octanol–water partition coefficient (Wildman–Crippen LogP) is 3.41. The van der Waals surface area contributed by atoms with Crippen LogP contribution in [0, 0.1) is 0 Å². The van der Waals surface area contributed by atoms with E-state index in [0.29, 0.717) is 5.92 Å². The quantitative estimate of drug-likeness (QED) is 0.881. The van der Waals surface area contributed by atoms with Gasteiger partial charge in [0.05, 0.1) is 0 Å². The molecule has 0 spiro atoms. The van der Waals surface area contributed by atoms with Crippen LogP contribution in [0.15, 0.2) is 18.2 Å². The Labute approximate surface area is 114 Å². The monoisotopic (exact) mass is 264 g/mol. The van der Waals surface area contributed by atoms with Crippen LogP contribution in [0.2, 0.25) is 5.02 Å². The van der Waals surface area contributed by atoms with Crippen molar-refractivity contribution in [2.75, 3.05) is 31.1 Å². The Balaban J connectivity index is 1.91. The molecule has 1 unspecified atom stereocenters. The third-order valence-electron chi connectivity index (χ3n) is 4.19. The fraction of sp³-hybridized carbons (Fsp3) is 0.600. The minimum absolute atomic E-state index is 0.639. The Morgan fingerprint density at radius 1 is 1.17 bits per heavy atom. The summed E-state index contributed by atoms with van der Waals surface area (Å²) >= 11 is 6.20. The summed E-state index contributed by atoms with van der Waals surface area (Å²) in [7, 11) is 0. The number of halogens is 1. The Bertz CT molecular complexity index is 407. The Morgan fingerprint density at radius 2 is 2.00 bits per heavy atom. The first-order valence-electron chi connectivity index (χ1n) is 7.10. The van der Waals surface area contributed by atoms with Crippen molar-refractivity contribution in [3.05, 3.63) is 28.8 Å². The molecule has 0 radical (unpaired) electrons. The zero-order valence-corrected chi connectivity index (χ0v) is 11.5. The van der Waals surface area contributed by atoms with Crippen molar-refractivity contribution in [2.24, 2.45) is 0 Å². The molecule has 1 aromatic carbocycles. The molecular formula is C15H21ClN2. The van der Waals surface area contributed by atoms with Gasteiger partial charge in [0.2, 0.25) is 0 Å². The SMILES string of the molecule is Clc1ccc(N2CCCCC2)c(C2CCNC2)c1. The van der Waals surface area contributed by atoms with Crippen LogP contribution < -0.4 is 10.2 Å². The second-order valence-electron chi connectivity index (χ2n) is 5.44. The van der Waals surface area contributed by atoms with Crippen LogP contribution in [0.1, 0.15) is 37.2 Å². The summed E-state index contributed by atoms with van der Waals surface area (Å²) in [5, 5.41) is 4.33.